The van der Waals surface area contributed by atoms with Crippen molar-refractivity contribution in [2.75, 3.05) is 12.0 Å². The Morgan fingerprint density at radius 2 is 1.55 bits per heavy atom. The standard InChI is InChI=1S/C34H30N2O6/c1-21-12-9-10-18-25(21)36-31(37)27-28(32(36)38)34(33(39)40,23-15-7-4-8-16-23)35-29(27)24-17-11-19-26(41-2)30(24)42-20-22-13-5-3-6-14-22/h3-19,27-29,35H,20H2,1-2H3,(H,39,40). The minimum absolute atomic E-state index is 0.222. The summed E-state index contributed by atoms with van der Waals surface area (Å²) in [7, 11) is 1.52. The van der Waals surface area contributed by atoms with Gasteiger partial charge in [-0.1, -0.05) is 91.0 Å². The van der Waals surface area contributed by atoms with Gasteiger partial charge in [-0.15, -0.1) is 0 Å². The highest BCUT2D eigenvalue weighted by Crippen LogP contribution is 2.55. The van der Waals surface area contributed by atoms with E-state index in [4.69, 9.17) is 9.47 Å². The summed E-state index contributed by atoms with van der Waals surface area (Å²) in [5, 5.41) is 14.1. The van der Waals surface area contributed by atoms with Crippen molar-refractivity contribution >= 4 is 23.5 Å². The molecule has 2 saturated heterocycles. The molecule has 2 amide bonds. The molecule has 0 saturated carbocycles. The van der Waals surface area contributed by atoms with Crippen molar-refractivity contribution in [3.63, 3.8) is 0 Å². The molecule has 0 aromatic heterocycles. The number of nitrogens with zero attached hydrogens (tertiary/aromatic N) is 1. The van der Waals surface area contributed by atoms with Crippen LogP contribution in [0.1, 0.15) is 28.3 Å². The van der Waals surface area contributed by atoms with E-state index < -0.39 is 41.2 Å². The first-order valence-electron chi connectivity index (χ1n) is 13.7. The van der Waals surface area contributed by atoms with Gasteiger partial charge in [0.25, 0.3) is 0 Å². The summed E-state index contributed by atoms with van der Waals surface area (Å²) < 4.78 is 12.0. The summed E-state index contributed by atoms with van der Waals surface area (Å²) >= 11 is 0. The SMILES string of the molecule is COc1cccc(C2NC(C(=O)O)(c3ccccc3)C3C(=O)N(c4ccccc4C)C(=O)C23)c1OCc1ccccc1. The minimum Gasteiger partial charge on any atom is -0.493 e. The van der Waals surface area contributed by atoms with Crippen molar-refractivity contribution in [2.24, 2.45) is 11.8 Å². The molecule has 4 unspecified atom stereocenters. The third-order valence-electron chi connectivity index (χ3n) is 8.27. The van der Waals surface area contributed by atoms with Crippen LogP contribution in [0.4, 0.5) is 5.69 Å². The molecule has 6 rings (SSSR count). The van der Waals surface area contributed by atoms with E-state index in [0.29, 0.717) is 28.3 Å². The number of para-hydroxylation sites is 2. The number of methoxy groups -OCH3 is 1. The van der Waals surface area contributed by atoms with Gasteiger partial charge < -0.3 is 14.6 Å². The van der Waals surface area contributed by atoms with Crippen LogP contribution >= 0.6 is 0 Å². The fraction of sp³-hybridized carbons (Fsp3) is 0.206. The van der Waals surface area contributed by atoms with E-state index in [0.717, 1.165) is 16.0 Å². The van der Waals surface area contributed by atoms with Crippen LogP contribution in [0, 0.1) is 18.8 Å². The highest BCUT2D eigenvalue weighted by Gasteiger charge is 2.69. The van der Waals surface area contributed by atoms with Gasteiger partial charge in [0.2, 0.25) is 11.8 Å². The molecular weight excluding hydrogens is 532 g/mol. The number of carbonyl (C=O) groups is 3. The first kappa shape index (κ1) is 27.2. The number of hydrogen-bond acceptors (Lipinski definition) is 6. The molecular formula is C34H30N2O6. The van der Waals surface area contributed by atoms with Crippen LogP contribution < -0.4 is 19.7 Å². The first-order valence-corrected chi connectivity index (χ1v) is 13.7. The second kappa shape index (κ2) is 10.8. The number of fused-ring (bicyclic) bond motifs is 1. The van der Waals surface area contributed by atoms with Crippen molar-refractivity contribution < 1.29 is 29.0 Å². The molecule has 8 heteroatoms. The Morgan fingerprint density at radius 1 is 0.881 bits per heavy atom. The summed E-state index contributed by atoms with van der Waals surface area (Å²) in [6, 6.07) is 29.7. The lowest BCUT2D eigenvalue weighted by molar-refractivity contribution is -0.149. The zero-order valence-corrected chi connectivity index (χ0v) is 23.2. The Kier molecular flexibility index (Phi) is 7.00. The second-order valence-electron chi connectivity index (χ2n) is 10.6. The van der Waals surface area contributed by atoms with E-state index in [9.17, 15) is 19.5 Å². The van der Waals surface area contributed by atoms with Gasteiger partial charge in [-0.2, -0.15) is 0 Å². The number of carboxylic acids is 1. The molecule has 212 valence electrons. The zero-order valence-electron chi connectivity index (χ0n) is 23.2. The Bertz CT molecular complexity index is 1660. The molecule has 0 bridgehead atoms. The number of nitrogens with one attached hydrogen (secondary N) is 1. The minimum atomic E-state index is -1.87. The van der Waals surface area contributed by atoms with Crippen molar-refractivity contribution in [1.82, 2.24) is 5.32 Å². The number of rotatable bonds is 8. The maximum absolute atomic E-state index is 14.3. The lowest BCUT2D eigenvalue weighted by atomic mass is 9.75. The van der Waals surface area contributed by atoms with Gasteiger partial charge >= 0.3 is 5.97 Å². The van der Waals surface area contributed by atoms with Gasteiger partial charge in [0.15, 0.2) is 17.0 Å². The predicted octanol–water partition coefficient (Wildman–Crippen LogP) is 5.01. The molecule has 2 aliphatic rings. The van der Waals surface area contributed by atoms with Gasteiger partial charge in [-0.25, -0.2) is 9.69 Å². The van der Waals surface area contributed by atoms with Gasteiger partial charge in [-0.05, 0) is 35.7 Å². The number of ether oxygens (including phenoxy) is 2. The number of benzene rings is 4. The van der Waals surface area contributed by atoms with Crippen molar-refractivity contribution in [2.45, 2.75) is 25.1 Å². The van der Waals surface area contributed by atoms with Crippen molar-refractivity contribution in [1.29, 1.82) is 0 Å². The van der Waals surface area contributed by atoms with Crippen LogP contribution in [0.3, 0.4) is 0 Å². The molecule has 0 radical (unpaired) electrons. The second-order valence-corrected chi connectivity index (χ2v) is 10.6. The van der Waals surface area contributed by atoms with E-state index >= 15 is 0 Å². The fourth-order valence-corrected chi connectivity index (χ4v) is 6.34. The third-order valence-corrected chi connectivity index (χ3v) is 8.27. The number of carboxylic acid groups (broad SMARTS) is 1. The van der Waals surface area contributed by atoms with Crippen LogP contribution in [-0.2, 0) is 26.5 Å². The van der Waals surface area contributed by atoms with E-state index in [2.05, 4.69) is 5.32 Å². The molecule has 0 spiro atoms. The maximum atomic E-state index is 14.3. The smallest absolute Gasteiger partial charge is 0.329 e. The van der Waals surface area contributed by atoms with Crippen LogP contribution in [0.25, 0.3) is 0 Å². The number of amides is 2. The molecule has 2 aliphatic heterocycles. The molecule has 4 aromatic carbocycles. The molecule has 2 N–H and O–H groups in total. The average molecular weight is 563 g/mol. The van der Waals surface area contributed by atoms with Crippen LogP contribution in [-0.4, -0.2) is 30.0 Å². The number of carbonyl (C=O) groups excluding carboxylic acids is 2. The van der Waals surface area contributed by atoms with Gasteiger partial charge in [-0.3, -0.25) is 14.9 Å². The summed E-state index contributed by atoms with van der Waals surface area (Å²) in [5.74, 6) is -3.70. The summed E-state index contributed by atoms with van der Waals surface area (Å²) in [6.07, 6.45) is 0. The molecule has 4 aromatic rings. The first-order chi connectivity index (χ1) is 20.4. The van der Waals surface area contributed by atoms with Gasteiger partial charge in [0.05, 0.1) is 24.6 Å². The highest BCUT2D eigenvalue weighted by molar-refractivity contribution is 6.24. The lowest BCUT2D eigenvalue weighted by Crippen LogP contribution is -2.53. The monoisotopic (exact) mass is 562 g/mol. The average Bonchev–Trinajstić information content (AvgIpc) is 3.51. The Hall–Kier alpha value is -4.95. The van der Waals surface area contributed by atoms with Crippen LogP contribution in [0.15, 0.2) is 103 Å². The van der Waals surface area contributed by atoms with Gasteiger partial charge in [0, 0.05) is 11.6 Å². The fourth-order valence-electron chi connectivity index (χ4n) is 6.34. The lowest BCUT2D eigenvalue weighted by Gasteiger charge is -2.32. The van der Waals surface area contributed by atoms with E-state index in [1.165, 1.54) is 7.11 Å². The normalized spacial score (nSPS) is 23.1. The summed E-state index contributed by atoms with van der Waals surface area (Å²) in [4.78, 5) is 43.1. The number of aliphatic carboxylic acids is 1. The summed E-state index contributed by atoms with van der Waals surface area (Å²) in [5.41, 5.74) is 1.15. The zero-order chi connectivity index (χ0) is 29.4. The highest BCUT2D eigenvalue weighted by atomic mass is 16.5. The number of anilines is 1. The van der Waals surface area contributed by atoms with E-state index in [1.54, 1.807) is 60.7 Å². The molecule has 2 fully saturated rings. The van der Waals surface area contributed by atoms with Crippen LogP contribution in [0.5, 0.6) is 11.5 Å². The van der Waals surface area contributed by atoms with E-state index in [-0.39, 0.29) is 6.61 Å². The predicted molar refractivity (Wildman–Crippen MR) is 156 cm³/mol. The van der Waals surface area contributed by atoms with Crippen molar-refractivity contribution in [3.8, 4) is 11.5 Å². The topological polar surface area (TPSA) is 105 Å². The largest absolute Gasteiger partial charge is 0.493 e. The third kappa shape index (κ3) is 4.23. The Morgan fingerprint density at radius 3 is 2.21 bits per heavy atom. The quantitative estimate of drug-likeness (QED) is 0.291. The maximum Gasteiger partial charge on any atom is 0.329 e. The number of imide groups is 1. The van der Waals surface area contributed by atoms with Crippen LogP contribution in [0.2, 0.25) is 0 Å². The van der Waals surface area contributed by atoms with E-state index in [1.807, 2.05) is 49.4 Å². The van der Waals surface area contributed by atoms with Crippen molar-refractivity contribution in [3.05, 3.63) is 125 Å². The molecule has 8 nitrogen and oxygen atoms in total. The number of aryl methyl sites for hydroxylation is 1. The number of hydrogen-bond donors (Lipinski definition) is 2. The molecule has 4 atom stereocenters. The molecule has 42 heavy (non-hydrogen) atoms. The molecule has 0 aliphatic carbocycles. The molecule has 2 heterocycles. The Labute approximate surface area is 243 Å². The van der Waals surface area contributed by atoms with Gasteiger partial charge in [0.1, 0.15) is 6.61 Å². The Balaban J connectivity index is 1.53. The summed E-state index contributed by atoms with van der Waals surface area (Å²) in [6.45, 7) is 2.04.